The minimum Gasteiger partial charge on any atom is -0.366 e. The van der Waals surface area contributed by atoms with Crippen molar-refractivity contribution >= 4 is 21.6 Å². The van der Waals surface area contributed by atoms with Crippen molar-refractivity contribution in [1.82, 2.24) is 19.3 Å². The standard InChI is InChI=1S/C24H26FN5O4S/c25-20-6-2-3-7-21(20)28-14-16-29(17-15-28)24(31)23-26-22(27-34-23)18-8-10-19(11-9-18)35(32,33)30-12-4-1-5-13-30/h2-3,6-11H,1,4-5,12-17H2. The molecule has 2 fully saturated rings. The number of aromatic nitrogens is 2. The molecule has 2 saturated heterocycles. The number of anilines is 1. The highest BCUT2D eigenvalue weighted by Gasteiger charge is 2.28. The number of nitrogens with zero attached hydrogens (tertiary/aromatic N) is 5. The molecule has 0 spiro atoms. The average Bonchev–Trinajstić information content (AvgIpc) is 3.40. The third-order valence-corrected chi connectivity index (χ3v) is 8.35. The van der Waals surface area contributed by atoms with E-state index < -0.39 is 10.0 Å². The first-order valence-corrected chi connectivity index (χ1v) is 13.1. The van der Waals surface area contributed by atoms with Crippen LogP contribution in [0.1, 0.15) is 29.9 Å². The quantitative estimate of drug-likeness (QED) is 0.532. The monoisotopic (exact) mass is 499 g/mol. The highest BCUT2D eigenvalue weighted by molar-refractivity contribution is 7.89. The molecule has 11 heteroatoms. The maximum Gasteiger partial charge on any atom is 0.316 e. The van der Waals surface area contributed by atoms with E-state index in [1.165, 1.54) is 22.5 Å². The number of piperidine rings is 1. The fraction of sp³-hybridized carbons (Fsp3) is 0.375. The molecule has 5 rings (SSSR count). The number of rotatable bonds is 5. The van der Waals surface area contributed by atoms with E-state index >= 15 is 0 Å². The first kappa shape index (κ1) is 23.4. The Bertz CT molecular complexity index is 1300. The summed E-state index contributed by atoms with van der Waals surface area (Å²) in [6.07, 6.45) is 2.79. The molecular formula is C24H26FN5O4S. The van der Waals surface area contributed by atoms with Gasteiger partial charge in [0.15, 0.2) is 0 Å². The summed E-state index contributed by atoms with van der Waals surface area (Å²) in [5.41, 5.74) is 1.07. The molecule has 35 heavy (non-hydrogen) atoms. The zero-order valence-electron chi connectivity index (χ0n) is 19.1. The Morgan fingerprint density at radius 3 is 2.26 bits per heavy atom. The van der Waals surface area contributed by atoms with E-state index in [1.807, 2.05) is 4.90 Å². The van der Waals surface area contributed by atoms with Crippen LogP contribution >= 0.6 is 0 Å². The van der Waals surface area contributed by atoms with E-state index in [-0.39, 0.29) is 28.3 Å². The number of hydrogen-bond acceptors (Lipinski definition) is 7. The fourth-order valence-corrected chi connectivity index (χ4v) is 5.97. The number of carbonyl (C=O) groups excluding carboxylic acids is 1. The Kier molecular flexibility index (Phi) is 6.52. The fourth-order valence-electron chi connectivity index (χ4n) is 4.45. The van der Waals surface area contributed by atoms with Gasteiger partial charge in [-0.2, -0.15) is 9.29 Å². The third kappa shape index (κ3) is 4.78. The van der Waals surface area contributed by atoms with Gasteiger partial charge >= 0.3 is 11.8 Å². The van der Waals surface area contributed by atoms with Gasteiger partial charge in [-0.25, -0.2) is 12.8 Å². The summed E-state index contributed by atoms with van der Waals surface area (Å²) in [7, 11) is -3.53. The van der Waals surface area contributed by atoms with Gasteiger partial charge in [-0.1, -0.05) is 23.7 Å². The van der Waals surface area contributed by atoms with Crippen LogP contribution in [0.2, 0.25) is 0 Å². The number of amides is 1. The predicted molar refractivity (Wildman–Crippen MR) is 127 cm³/mol. The van der Waals surface area contributed by atoms with Gasteiger partial charge in [0.05, 0.1) is 10.6 Å². The summed E-state index contributed by atoms with van der Waals surface area (Å²) in [5.74, 6) is -0.602. The smallest absolute Gasteiger partial charge is 0.316 e. The van der Waals surface area contributed by atoms with Gasteiger partial charge in [0.1, 0.15) is 5.82 Å². The summed E-state index contributed by atoms with van der Waals surface area (Å²) >= 11 is 0. The van der Waals surface area contributed by atoms with Crippen molar-refractivity contribution in [2.75, 3.05) is 44.2 Å². The number of halogens is 1. The summed E-state index contributed by atoms with van der Waals surface area (Å²) < 4.78 is 46.4. The number of carbonyl (C=O) groups is 1. The van der Waals surface area contributed by atoms with Gasteiger partial charge in [-0.05, 0) is 49.2 Å². The summed E-state index contributed by atoms with van der Waals surface area (Å²) in [4.78, 5) is 20.8. The Morgan fingerprint density at radius 1 is 0.886 bits per heavy atom. The van der Waals surface area contributed by atoms with Gasteiger partial charge < -0.3 is 14.3 Å². The van der Waals surface area contributed by atoms with Crippen LogP contribution in [0.15, 0.2) is 57.9 Å². The Hall–Kier alpha value is -3.31. The van der Waals surface area contributed by atoms with E-state index in [0.717, 1.165) is 19.3 Å². The molecule has 0 bridgehead atoms. The van der Waals surface area contributed by atoms with Crippen molar-refractivity contribution in [3.63, 3.8) is 0 Å². The highest BCUT2D eigenvalue weighted by Crippen LogP contribution is 2.24. The average molecular weight is 500 g/mol. The molecule has 2 aliphatic rings. The van der Waals surface area contributed by atoms with Gasteiger partial charge in [0.2, 0.25) is 15.8 Å². The maximum absolute atomic E-state index is 14.1. The van der Waals surface area contributed by atoms with Gasteiger partial charge in [0, 0.05) is 44.8 Å². The van der Waals surface area contributed by atoms with Crippen molar-refractivity contribution in [1.29, 1.82) is 0 Å². The molecule has 1 amide bonds. The van der Waals surface area contributed by atoms with Crippen LogP contribution in [0, 0.1) is 5.82 Å². The molecular weight excluding hydrogens is 473 g/mol. The molecule has 0 saturated carbocycles. The number of sulfonamides is 1. The molecule has 0 aliphatic carbocycles. The number of piperazine rings is 1. The normalized spacial score (nSPS) is 17.5. The molecule has 0 atom stereocenters. The molecule has 184 valence electrons. The first-order valence-electron chi connectivity index (χ1n) is 11.7. The summed E-state index contributed by atoms with van der Waals surface area (Å²) in [5, 5.41) is 3.90. The van der Waals surface area contributed by atoms with Crippen LogP contribution < -0.4 is 4.90 Å². The van der Waals surface area contributed by atoms with Crippen LogP contribution in [0.4, 0.5) is 10.1 Å². The minimum absolute atomic E-state index is 0.135. The Labute approximate surface area is 203 Å². The lowest BCUT2D eigenvalue weighted by atomic mass is 10.2. The minimum atomic E-state index is -3.53. The molecule has 3 heterocycles. The van der Waals surface area contributed by atoms with Crippen LogP contribution in [0.25, 0.3) is 11.4 Å². The summed E-state index contributed by atoms with van der Waals surface area (Å²) in [6, 6.07) is 12.9. The molecule has 1 aromatic heterocycles. The predicted octanol–water partition coefficient (Wildman–Crippen LogP) is 3.01. The van der Waals surface area contributed by atoms with Crippen molar-refractivity contribution in [3.8, 4) is 11.4 Å². The van der Waals surface area contributed by atoms with E-state index in [9.17, 15) is 17.6 Å². The number of benzene rings is 2. The zero-order valence-corrected chi connectivity index (χ0v) is 20.0. The van der Waals surface area contributed by atoms with E-state index in [4.69, 9.17) is 4.52 Å². The van der Waals surface area contributed by atoms with E-state index in [0.29, 0.717) is 50.5 Å². The highest BCUT2D eigenvalue weighted by atomic mass is 32.2. The number of hydrogen-bond donors (Lipinski definition) is 0. The molecule has 2 aliphatic heterocycles. The molecule has 3 aromatic rings. The maximum atomic E-state index is 14.1. The molecule has 2 aromatic carbocycles. The third-order valence-electron chi connectivity index (χ3n) is 6.43. The van der Waals surface area contributed by atoms with Crippen LogP contribution in [-0.4, -0.2) is 72.9 Å². The zero-order chi connectivity index (χ0) is 24.4. The van der Waals surface area contributed by atoms with Crippen LogP contribution in [0.3, 0.4) is 0 Å². The summed E-state index contributed by atoms with van der Waals surface area (Å²) in [6.45, 7) is 2.84. The molecule has 9 nitrogen and oxygen atoms in total. The van der Waals surface area contributed by atoms with Gasteiger partial charge in [-0.15, -0.1) is 0 Å². The van der Waals surface area contributed by atoms with Gasteiger partial charge in [-0.3, -0.25) is 4.79 Å². The second kappa shape index (κ2) is 9.74. The van der Waals surface area contributed by atoms with E-state index in [2.05, 4.69) is 10.1 Å². The lowest BCUT2D eigenvalue weighted by molar-refractivity contribution is 0.0696. The molecule has 0 unspecified atom stereocenters. The largest absolute Gasteiger partial charge is 0.366 e. The SMILES string of the molecule is O=C(c1nc(-c2ccc(S(=O)(=O)N3CCCCC3)cc2)no1)N1CCN(c2ccccc2F)CC1. The Balaban J connectivity index is 1.24. The van der Waals surface area contributed by atoms with Crippen molar-refractivity contribution < 1.29 is 22.1 Å². The van der Waals surface area contributed by atoms with Crippen molar-refractivity contribution in [2.45, 2.75) is 24.2 Å². The van der Waals surface area contributed by atoms with E-state index in [1.54, 1.807) is 35.2 Å². The lowest BCUT2D eigenvalue weighted by Crippen LogP contribution is -2.49. The second-order valence-electron chi connectivity index (χ2n) is 8.64. The topological polar surface area (TPSA) is 99.8 Å². The van der Waals surface area contributed by atoms with Crippen LogP contribution in [-0.2, 0) is 10.0 Å². The lowest BCUT2D eigenvalue weighted by Gasteiger charge is -2.35. The number of para-hydroxylation sites is 1. The Morgan fingerprint density at radius 2 is 1.57 bits per heavy atom. The molecule has 0 radical (unpaired) electrons. The van der Waals surface area contributed by atoms with Crippen molar-refractivity contribution in [2.24, 2.45) is 0 Å². The first-order chi connectivity index (χ1) is 16.9. The second-order valence-corrected chi connectivity index (χ2v) is 10.6. The van der Waals surface area contributed by atoms with Gasteiger partial charge in [0.25, 0.3) is 0 Å². The molecule has 0 N–H and O–H groups in total. The van der Waals surface area contributed by atoms with Crippen molar-refractivity contribution in [3.05, 3.63) is 60.2 Å². The van der Waals surface area contributed by atoms with Crippen LogP contribution in [0.5, 0.6) is 0 Å².